The molecule has 0 unspecified atom stereocenters. The van der Waals surface area contributed by atoms with Gasteiger partial charge in [0.15, 0.2) is 0 Å². The van der Waals surface area contributed by atoms with Crippen LogP contribution in [0.25, 0.3) is 0 Å². The topological polar surface area (TPSA) is 106 Å². The molecule has 1 rings (SSSR count). The van der Waals surface area contributed by atoms with Gasteiger partial charge in [-0.3, -0.25) is 9.78 Å². The van der Waals surface area contributed by atoms with Crippen LogP contribution in [0.1, 0.15) is 36.8 Å². The van der Waals surface area contributed by atoms with E-state index in [0.29, 0.717) is 18.7 Å². The monoisotopic (exact) mass is 294 g/mol. The van der Waals surface area contributed by atoms with Crippen LogP contribution in [0, 0.1) is 0 Å². The van der Waals surface area contributed by atoms with Crippen molar-refractivity contribution in [2.45, 2.75) is 32.9 Å². The number of nitrogens with one attached hydrogen (secondary N) is 2. The maximum atomic E-state index is 11.8. The number of hydrogen-bond donors (Lipinski definition) is 3. The van der Waals surface area contributed by atoms with Crippen molar-refractivity contribution in [1.29, 1.82) is 0 Å². The summed E-state index contributed by atoms with van der Waals surface area (Å²) in [4.78, 5) is 27.2. The lowest BCUT2D eigenvalue weighted by atomic mass is 10.2. The number of hydrogen-bond acceptors (Lipinski definition) is 5. The van der Waals surface area contributed by atoms with Crippen LogP contribution in [0.4, 0.5) is 4.79 Å². The van der Waals surface area contributed by atoms with E-state index in [1.165, 1.54) is 6.20 Å². The van der Waals surface area contributed by atoms with Gasteiger partial charge in [-0.15, -0.1) is 0 Å². The predicted molar refractivity (Wildman–Crippen MR) is 78.7 cm³/mol. The van der Waals surface area contributed by atoms with E-state index in [9.17, 15) is 9.59 Å². The number of alkyl carbamates (subject to hydrolysis) is 1. The van der Waals surface area contributed by atoms with Gasteiger partial charge in [0.05, 0.1) is 11.3 Å². The Bertz CT molecular complexity index is 480. The quantitative estimate of drug-likeness (QED) is 0.696. The first-order chi connectivity index (χ1) is 9.81. The van der Waals surface area contributed by atoms with Crippen LogP contribution in [0.15, 0.2) is 18.3 Å². The van der Waals surface area contributed by atoms with Gasteiger partial charge in [-0.25, -0.2) is 4.79 Å². The first kappa shape index (κ1) is 16.9. The maximum Gasteiger partial charge on any atom is 0.407 e. The molecule has 0 saturated heterocycles. The Labute approximate surface area is 124 Å². The molecule has 0 aromatic carbocycles. The van der Waals surface area contributed by atoms with E-state index >= 15 is 0 Å². The molecule has 0 aliphatic carbocycles. The Morgan fingerprint density at radius 2 is 1.90 bits per heavy atom. The van der Waals surface area contributed by atoms with Crippen LogP contribution in [-0.2, 0) is 11.3 Å². The third kappa shape index (κ3) is 6.71. The zero-order valence-corrected chi connectivity index (χ0v) is 12.6. The summed E-state index contributed by atoms with van der Waals surface area (Å²) in [6, 6.07) is 3.36. The number of pyridine rings is 1. The van der Waals surface area contributed by atoms with Crippen LogP contribution in [0.2, 0.25) is 0 Å². The van der Waals surface area contributed by atoms with E-state index in [0.717, 1.165) is 5.69 Å². The number of carbonyl (C=O) groups excluding carboxylic acids is 2. The number of nitrogens with zero attached hydrogens (tertiary/aromatic N) is 1. The average Bonchev–Trinajstić information content (AvgIpc) is 2.41. The second-order valence-electron chi connectivity index (χ2n) is 5.43. The van der Waals surface area contributed by atoms with Crippen molar-refractivity contribution in [3.63, 3.8) is 0 Å². The molecule has 0 saturated carbocycles. The van der Waals surface area contributed by atoms with E-state index in [1.54, 1.807) is 32.9 Å². The van der Waals surface area contributed by atoms with Crippen LogP contribution < -0.4 is 16.4 Å². The van der Waals surface area contributed by atoms with Crippen molar-refractivity contribution in [3.8, 4) is 0 Å². The number of rotatable bonds is 5. The lowest BCUT2D eigenvalue weighted by molar-refractivity contribution is 0.0526. The molecule has 1 heterocycles. The molecule has 4 N–H and O–H groups in total. The number of nitrogens with two attached hydrogens (primary N) is 1. The first-order valence-corrected chi connectivity index (χ1v) is 6.72. The summed E-state index contributed by atoms with van der Waals surface area (Å²) in [5.74, 6) is -0.253. The van der Waals surface area contributed by atoms with Crippen LogP contribution >= 0.6 is 0 Å². The van der Waals surface area contributed by atoms with Crippen molar-refractivity contribution in [2.75, 3.05) is 13.1 Å². The fourth-order valence-corrected chi connectivity index (χ4v) is 1.44. The molecule has 2 amide bonds. The van der Waals surface area contributed by atoms with Crippen molar-refractivity contribution < 1.29 is 14.3 Å². The third-order valence-electron chi connectivity index (χ3n) is 2.37. The normalized spacial score (nSPS) is 10.9. The summed E-state index contributed by atoms with van der Waals surface area (Å²) < 4.78 is 5.07. The summed E-state index contributed by atoms with van der Waals surface area (Å²) in [6.07, 6.45) is 0.962. The Kier molecular flexibility index (Phi) is 6.10. The third-order valence-corrected chi connectivity index (χ3v) is 2.37. The van der Waals surface area contributed by atoms with E-state index in [2.05, 4.69) is 15.6 Å². The SMILES string of the molecule is CC(C)(C)OC(=O)NCCNC(=O)c1ccc(CN)nc1. The smallest absolute Gasteiger partial charge is 0.407 e. The second kappa shape index (κ2) is 7.58. The highest BCUT2D eigenvalue weighted by Crippen LogP contribution is 2.06. The number of amides is 2. The molecule has 1 aromatic rings. The molecule has 21 heavy (non-hydrogen) atoms. The molecule has 0 fully saturated rings. The van der Waals surface area contributed by atoms with Gasteiger partial charge in [0.25, 0.3) is 5.91 Å². The Hall–Kier alpha value is -2.15. The lowest BCUT2D eigenvalue weighted by Gasteiger charge is -2.19. The van der Waals surface area contributed by atoms with Gasteiger partial charge < -0.3 is 21.1 Å². The summed E-state index contributed by atoms with van der Waals surface area (Å²) in [6.45, 7) is 6.28. The molecule has 7 nitrogen and oxygen atoms in total. The largest absolute Gasteiger partial charge is 0.444 e. The van der Waals surface area contributed by atoms with Crippen LogP contribution in [0.3, 0.4) is 0 Å². The maximum absolute atomic E-state index is 11.8. The van der Waals surface area contributed by atoms with Gasteiger partial charge >= 0.3 is 6.09 Å². The van der Waals surface area contributed by atoms with Gasteiger partial charge in [-0.05, 0) is 32.9 Å². The molecule has 0 atom stereocenters. The Morgan fingerprint density at radius 1 is 1.24 bits per heavy atom. The average molecular weight is 294 g/mol. The molecule has 0 aliphatic heterocycles. The van der Waals surface area contributed by atoms with E-state index in [-0.39, 0.29) is 12.5 Å². The highest BCUT2D eigenvalue weighted by atomic mass is 16.6. The number of carbonyl (C=O) groups is 2. The zero-order chi connectivity index (χ0) is 15.9. The summed E-state index contributed by atoms with van der Waals surface area (Å²) in [7, 11) is 0. The van der Waals surface area contributed by atoms with Crippen molar-refractivity contribution in [1.82, 2.24) is 15.6 Å². The molecule has 0 aliphatic rings. The highest BCUT2D eigenvalue weighted by Gasteiger charge is 2.15. The lowest BCUT2D eigenvalue weighted by Crippen LogP contribution is -2.37. The van der Waals surface area contributed by atoms with Gasteiger partial charge in [-0.1, -0.05) is 0 Å². The summed E-state index contributed by atoms with van der Waals surface area (Å²) in [5.41, 5.74) is 6.06. The molecule has 0 spiro atoms. The summed E-state index contributed by atoms with van der Waals surface area (Å²) in [5, 5.41) is 5.23. The predicted octanol–water partition coefficient (Wildman–Crippen LogP) is 0.795. The van der Waals surface area contributed by atoms with Crippen molar-refractivity contribution in [3.05, 3.63) is 29.6 Å². The molecule has 116 valence electrons. The molecule has 1 aromatic heterocycles. The van der Waals surface area contributed by atoms with Gasteiger partial charge in [-0.2, -0.15) is 0 Å². The van der Waals surface area contributed by atoms with Crippen LogP contribution in [-0.4, -0.2) is 35.7 Å². The molecule has 0 radical (unpaired) electrons. The van der Waals surface area contributed by atoms with Crippen LogP contribution in [0.5, 0.6) is 0 Å². The number of aromatic nitrogens is 1. The minimum Gasteiger partial charge on any atom is -0.444 e. The molecule has 0 bridgehead atoms. The standard InChI is InChI=1S/C14H22N4O3/c1-14(2,3)21-13(20)17-7-6-16-12(19)10-4-5-11(8-15)18-9-10/h4-5,9H,6-8,15H2,1-3H3,(H,16,19)(H,17,20). The molecular weight excluding hydrogens is 272 g/mol. The number of ether oxygens (including phenoxy) is 1. The van der Waals surface area contributed by atoms with Crippen molar-refractivity contribution >= 4 is 12.0 Å². The summed E-state index contributed by atoms with van der Waals surface area (Å²) >= 11 is 0. The first-order valence-electron chi connectivity index (χ1n) is 6.72. The Morgan fingerprint density at radius 3 is 2.43 bits per heavy atom. The second-order valence-corrected chi connectivity index (χ2v) is 5.43. The Balaban J connectivity index is 2.28. The molecule has 7 heteroatoms. The zero-order valence-electron chi connectivity index (χ0n) is 12.6. The fourth-order valence-electron chi connectivity index (χ4n) is 1.44. The van der Waals surface area contributed by atoms with Gasteiger partial charge in [0, 0.05) is 25.8 Å². The minimum atomic E-state index is -0.538. The van der Waals surface area contributed by atoms with E-state index in [4.69, 9.17) is 10.5 Å². The van der Waals surface area contributed by atoms with Gasteiger partial charge in [0.2, 0.25) is 0 Å². The van der Waals surface area contributed by atoms with Gasteiger partial charge in [0.1, 0.15) is 5.60 Å². The van der Waals surface area contributed by atoms with Crippen molar-refractivity contribution in [2.24, 2.45) is 5.73 Å². The highest BCUT2D eigenvalue weighted by molar-refractivity contribution is 5.93. The minimum absolute atomic E-state index is 0.253. The fraction of sp³-hybridized carbons (Fsp3) is 0.500. The van der Waals surface area contributed by atoms with E-state index in [1.807, 2.05) is 0 Å². The molecular formula is C14H22N4O3. The van der Waals surface area contributed by atoms with E-state index < -0.39 is 11.7 Å².